The number of rotatable bonds is 6. The van der Waals surface area contributed by atoms with E-state index in [9.17, 15) is 0 Å². The van der Waals surface area contributed by atoms with E-state index >= 15 is 0 Å². The van der Waals surface area contributed by atoms with Gasteiger partial charge in [-0.3, -0.25) is 0 Å². The highest BCUT2D eigenvalue weighted by Crippen LogP contribution is 2.41. The Morgan fingerprint density at radius 3 is 2.48 bits per heavy atom. The molecule has 1 aromatic heterocycles. The van der Waals surface area contributed by atoms with Gasteiger partial charge in [0.2, 0.25) is 0 Å². The van der Waals surface area contributed by atoms with Gasteiger partial charge in [-0.25, -0.2) is 9.97 Å². The predicted octanol–water partition coefficient (Wildman–Crippen LogP) is 4.13. The third-order valence-electron chi connectivity index (χ3n) is 4.08. The first kappa shape index (κ1) is 16.9. The number of aromatic nitrogens is 2. The molecule has 1 N–H and O–H groups in total. The lowest BCUT2D eigenvalue weighted by Crippen LogP contribution is -2.29. The summed E-state index contributed by atoms with van der Waals surface area (Å²) in [6.45, 7) is 7.42. The van der Waals surface area contributed by atoms with E-state index < -0.39 is 0 Å². The van der Waals surface area contributed by atoms with Crippen LogP contribution in [0.1, 0.15) is 58.0 Å². The molecular formula is C16H26IN3O. The average molecular weight is 403 g/mol. The van der Waals surface area contributed by atoms with E-state index in [1.54, 1.807) is 7.11 Å². The van der Waals surface area contributed by atoms with Crippen LogP contribution in [0, 0.1) is 9.49 Å². The molecule has 0 saturated heterocycles. The molecule has 1 saturated carbocycles. The molecule has 0 bridgehead atoms. The van der Waals surface area contributed by atoms with Crippen molar-refractivity contribution < 1.29 is 4.74 Å². The van der Waals surface area contributed by atoms with E-state index in [4.69, 9.17) is 14.7 Å². The van der Waals surface area contributed by atoms with Crippen LogP contribution in [0.15, 0.2) is 0 Å². The van der Waals surface area contributed by atoms with E-state index in [2.05, 4.69) is 48.7 Å². The van der Waals surface area contributed by atoms with Crippen molar-refractivity contribution in [2.45, 2.75) is 58.5 Å². The number of anilines is 1. The number of halogens is 1. The maximum atomic E-state index is 5.86. The fraction of sp³-hybridized carbons (Fsp3) is 0.750. The summed E-state index contributed by atoms with van der Waals surface area (Å²) in [6.07, 6.45) is 5.41. The van der Waals surface area contributed by atoms with Gasteiger partial charge in [0.15, 0.2) is 5.82 Å². The summed E-state index contributed by atoms with van der Waals surface area (Å²) in [7, 11) is 1.79. The van der Waals surface area contributed by atoms with Gasteiger partial charge in [-0.15, -0.1) is 0 Å². The highest BCUT2D eigenvalue weighted by atomic mass is 127. The number of nitrogens with zero attached hydrogens (tertiary/aromatic N) is 2. The Morgan fingerprint density at radius 1 is 1.29 bits per heavy atom. The summed E-state index contributed by atoms with van der Waals surface area (Å²) < 4.78 is 7.01. The maximum absolute atomic E-state index is 5.86. The molecule has 4 nitrogen and oxygen atoms in total. The zero-order valence-corrected chi connectivity index (χ0v) is 15.7. The van der Waals surface area contributed by atoms with Gasteiger partial charge < -0.3 is 10.1 Å². The van der Waals surface area contributed by atoms with Gasteiger partial charge in [0.05, 0.1) is 9.26 Å². The molecule has 0 aliphatic heterocycles. The lowest BCUT2D eigenvalue weighted by molar-refractivity contribution is -0.0164. The third-order valence-corrected chi connectivity index (χ3v) is 5.21. The summed E-state index contributed by atoms with van der Waals surface area (Å²) in [5, 5.41) is 3.38. The first-order valence-corrected chi connectivity index (χ1v) is 8.96. The van der Waals surface area contributed by atoms with Crippen molar-refractivity contribution >= 4 is 28.4 Å². The second-order valence-electron chi connectivity index (χ2n) is 6.19. The van der Waals surface area contributed by atoms with Crippen molar-refractivity contribution in [3.8, 4) is 0 Å². The van der Waals surface area contributed by atoms with Crippen molar-refractivity contribution in [2.24, 2.45) is 5.92 Å². The zero-order valence-electron chi connectivity index (χ0n) is 13.5. The normalized spacial score (nSPS) is 17.4. The smallest absolute Gasteiger partial charge is 0.162 e. The Morgan fingerprint density at radius 2 is 1.95 bits per heavy atom. The van der Waals surface area contributed by atoms with E-state index in [-0.39, 0.29) is 5.60 Å². The van der Waals surface area contributed by atoms with Gasteiger partial charge in [-0.05, 0) is 67.5 Å². The highest BCUT2D eigenvalue weighted by molar-refractivity contribution is 14.1. The minimum absolute atomic E-state index is 0.278. The average Bonchev–Trinajstić information content (AvgIpc) is 2.93. The largest absolute Gasteiger partial charge is 0.370 e. The van der Waals surface area contributed by atoms with Gasteiger partial charge in [0, 0.05) is 13.7 Å². The molecule has 0 aromatic carbocycles. The maximum Gasteiger partial charge on any atom is 0.162 e. The van der Waals surface area contributed by atoms with E-state index in [1.807, 2.05) is 0 Å². The van der Waals surface area contributed by atoms with Crippen LogP contribution in [-0.4, -0.2) is 23.6 Å². The topological polar surface area (TPSA) is 47.0 Å². The van der Waals surface area contributed by atoms with Crippen LogP contribution in [0.3, 0.4) is 0 Å². The summed E-state index contributed by atoms with van der Waals surface area (Å²) in [4.78, 5) is 9.70. The lowest BCUT2D eigenvalue weighted by Gasteiger charge is -2.27. The first-order valence-electron chi connectivity index (χ1n) is 7.88. The van der Waals surface area contributed by atoms with Crippen LogP contribution in [0.25, 0.3) is 0 Å². The number of hydrogen-bond donors (Lipinski definition) is 1. The standard InChI is InChI=1S/C16H26IN3O/c1-5-18-14-13(17)12(10-11(2)3)19-15(20-14)16(21-4)8-6-7-9-16/h11H,5-10H2,1-4H3,(H,18,19,20). The van der Waals surface area contributed by atoms with Gasteiger partial charge in [0.1, 0.15) is 11.4 Å². The quantitative estimate of drug-likeness (QED) is 0.726. The third kappa shape index (κ3) is 3.67. The van der Waals surface area contributed by atoms with E-state index in [1.165, 1.54) is 12.8 Å². The van der Waals surface area contributed by atoms with Crippen LogP contribution >= 0.6 is 22.6 Å². The van der Waals surface area contributed by atoms with Gasteiger partial charge in [0.25, 0.3) is 0 Å². The molecule has 0 spiro atoms. The summed E-state index contributed by atoms with van der Waals surface area (Å²) in [5.74, 6) is 2.41. The second-order valence-corrected chi connectivity index (χ2v) is 7.27. The number of nitrogens with one attached hydrogen (secondary N) is 1. The van der Waals surface area contributed by atoms with Crippen LogP contribution in [-0.2, 0) is 16.8 Å². The molecule has 0 atom stereocenters. The summed E-state index contributed by atoms with van der Waals surface area (Å²) in [6, 6.07) is 0. The molecule has 0 unspecified atom stereocenters. The minimum atomic E-state index is -0.278. The van der Waals surface area contributed by atoms with E-state index in [0.29, 0.717) is 5.92 Å². The van der Waals surface area contributed by atoms with Gasteiger partial charge in [-0.2, -0.15) is 0 Å². The second kappa shape index (κ2) is 7.22. The van der Waals surface area contributed by atoms with Crippen LogP contribution in [0.2, 0.25) is 0 Å². The Hall–Kier alpha value is -0.430. The summed E-state index contributed by atoms with van der Waals surface area (Å²) >= 11 is 2.37. The van der Waals surface area contributed by atoms with E-state index in [0.717, 1.165) is 46.7 Å². The zero-order chi connectivity index (χ0) is 15.5. The van der Waals surface area contributed by atoms with Crippen molar-refractivity contribution in [1.29, 1.82) is 0 Å². The Kier molecular flexibility index (Phi) is 5.82. The Labute approximate surface area is 141 Å². The molecule has 118 valence electrons. The van der Waals surface area contributed by atoms with Gasteiger partial charge in [-0.1, -0.05) is 13.8 Å². The predicted molar refractivity (Wildman–Crippen MR) is 94.6 cm³/mol. The molecule has 1 aromatic rings. The van der Waals surface area contributed by atoms with Crippen molar-refractivity contribution in [3.05, 3.63) is 15.1 Å². The molecule has 1 aliphatic carbocycles. The van der Waals surface area contributed by atoms with Crippen LogP contribution in [0.4, 0.5) is 5.82 Å². The fourth-order valence-electron chi connectivity index (χ4n) is 2.97. The molecule has 1 aliphatic rings. The molecule has 1 heterocycles. The molecule has 0 radical (unpaired) electrons. The monoisotopic (exact) mass is 403 g/mol. The van der Waals surface area contributed by atoms with Crippen molar-refractivity contribution in [3.63, 3.8) is 0 Å². The number of ether oxygens (including phenoxy) is 1. The molecule has 2 rings (SSSR count). The molecule has 5 heteroatoms. The molecule has 0 amide bonds. The van der Waals surface area contributed by atoms with Crippen molar-refractivity contribution in [2.75, 3.05) is 19.0 Å². The Bertz CT molecular complexity index is 485. The molecule has 21 heavy (non-hydrogen) atoms. The highest BCUT2D eigenvalue weighted by Gasteiger charge is 2.39. The fourth-order valence-corrected chi connectivity index (χ4v) is 3.62. The number of hydrogen-bond acceptors (Lipinski definition) is 4. The lowest BCUT2D eigenvalue weighted by atomic mass is 10.00. The summed E-state index contributed by atoms with van der Waals surface area (Å²) in [5.41, 5.74) is 0.870. The minimum Gasteiger partial charge on any atom is -0.370 e. The SMILES string of the molecule is CCNc1nc(C2(OC)CCCC2)nc(CC(C)C)c1I. The van der Waals surface area contributed by atoms with Crippen LogP contribution in [0.5, 0.6) is 0 Å². The van der Waals surface area contributed by atoms with Crippen LogP contribution < -0.4 is 5.32 Å². The molecule has 1 fully saturated rings. The van der Waals surface area contributed by atoms with Gasteiger partial charge >= 0.3 is 0 Å². The number of methoxy groups -OCH3 is 1. The van der Waals surface area contributed by atoms with Crippen molar-refractivity contribution in [1.82, 2.24) is 9.97 Å². The Balaban J connectivity index is 2.47. The molecular weight excluding hydrogens is 377 g/mol. The first-order chi connectivity index (χ1) is 10.0.